The molecule has 1 atom stereocenters. The van der Waals surface area contributed by atoms with E-state index in [1.165, 1.54) is 0 Å². The molecule has 0 radical (unpaired) electrons. The highest BCUT2D eigenvalue weighted by Crippen LogP contribution is 2.29. The number of carbonyl (C=O) groups is 1. The van der Waals surface area contributed by atoms with E-state index < -0.39 is 0 Å². The number of hydrogen-bond acceptors (Lipinski definition) is 6. The van der Waals surface area contributed by atoms with Gasteiger partial charge in [-0.2, -0.15) is 0 Å². The zero-order valence-corrected chi connectivity index (χ0v) is 17.5. The molecule has 0 aliphatic carbocycles. The Hall–Kier alpha value is -2.64. The monoisotopic (exact) mass is 411 g/mol. The summed E-state index contributed by atoms with van der Waals surface area (Å²) in [4.78, 5) is 20.0. The number of rotatable bonds is 7. The summed E-state index contributed by atoms with van der Waals surface area (Å²) in [5, 5.41) is 4.43. The van der Waals surface area contributed by atoms with E-state index in [0.29, 0.717) is 36.2 Å². The van der Waals surface area contributed by atoms with E-state index in [4.69, 9.17) is 14.5 Å². The van der Waals surface area contributed by atoms with Crippen molar-refractivity contribution in [2.45, 2.75) is 25.4 Å². The van der Waals surface area contributed by atoms with Gasteiger partial charge in [-0.05, 0) is 49.7 Å². The Bertz CT molecular complexity index is 965. The van der Waals surface area contributed by atoms with Crippen LogP contribution in [0.2, 0.25) is 0 Å². The number of nitrogens with zero attached hydrogens (tertiary/aromatic N) is 2. The van der Waals surface area contributed by atoms with Gasteiger partial charge in [-0.15, -0.1) is 11.3 Å². The highest BCUT2D eigenvalue weighted by molar-refractivity contribution is 7.18. The second-order valence-electron chi connectivity index (χ2n) is 7.12. The van der Waals surface area contributed by atoms with Crippen molar-refractivity contribution in [1.29, 1.82) is 0 Å². The fourth-order valence-corrected chi connectivity index (χ4v) is 4.68. The van der Waals surface area contributed by atoms with Crippen molar-refractivity contribution in [2.24, 2.45) is 0 Å². The molecule has 152 valence electrons. The average Bonchev–Trinajstić information content (AvgIpc) is 3.41. The van der Waals surface area contributed by atoms with E-state index in [1.807, 2.05) is 23.1 Å². The van der Waals surface area contributed by atoms with E-state index in [0.717, 1.165) is 34.6 Å². The highest BCUT2D eigenvalue weighted by atomic mass is 32.1. The van der Waals surface area contributed by atoms with Gasteiger partial charge in [0.1, 0.15) is 5.01 Å². The number of hydrogen-bond donors (Lipinski definition) is 1. The SMILES string of the molecule is COc1ccc(C(=O)N(Cc2nc3ccccc3s2)CC2CCCN2)cc1OC. The van der Waals surface area contributed by atoms with Crippen molar-refractivity contribution in [3.63, 3.8) is 0 Å². The molecule has 1 aliphatic rings. The van der Waals surface area contributed by atoms with Gasteiger partial charge in [0.15, 0.2) is 11.5 Å². The molecule has 3 aromatic rings. The molecule has 2 aromatic carbocycles. The molecule has 1 aliphatic heterocycles. The van der Waals surface area contributed by atoms with Gasteiger partial charge < -0.3 is 19.7 Å². The molecule has 4 rings (SSSR count). The molecule has 1 saturated heterocycles. The zero-order chi connectivity index (χ0) is 20.2. The fraction of sp³-hybridized carbons (Fsp3) is 0.364. The third kappa shape index (κ3) is 4.36. The van der Waals surface area contributed by atoms with Crippen molar-refractivity contribution < 1.29 is 14.3 Å². The molecule has 1 aromatic heterocycles. The number of benzene rings is 2. The van der Waals surface area contributed by atoms with Crippen LogP contribution in [0.25, 0.3) is 10.2 Å². The molecule has 0 bridgehead atoms. The Morgan fingerprint density at radius 3 is 2.76 bits per heavy atom. The molecule has 1 fully saturated rings. The zero-order valence-electron chi connectivity index (χ0n) is 16.7. The molecular formula is C22H25N3O3S. The minimum absolute atomic E-state index is 0.0288. The second-order valence-corrected chi connectivity index (χ2v) is 8.24. The number of fused-ring (bicyclic) bond motifs is 1. The van der Waals surface area contributed by atoms with Gasteiger partial charge >= 0.3 is 0 Å². The third-order valence-corrected chi connectivity index (χ3v) is 6.21. The lowest BCUT2D eigenvalue weighted by Gasteiger charge is -2.25. The molecule has 1 unspecified atom stereocenters. The Morgan fingerprint density at radius 1 is 1.21 bits per heavy atom. The lowest BCUT2D eigenvalue weighted by molar-refractivity contribution is 0.0728. The maximum Gasteiger partial charge on any atom is 0.254 e. The molecule has 6 nitrogen and oxygen atoms in total. The van der Waals surface area contributed by atoms with Gasteiger partial charge in [0, 0.05) is 18.2 Å². The molecule has 0 spiro atoms. The minimum atomic E-state index is -0.0288. The Balaban J connectivity index is 1.61. The molecule has 2 heterocycles. The van der Waals surface area contributed by atoms with Gasteiger partial charge in [0.25, 0.3) is 5.91 Å². The maximum absolute atomic E-state index is 13.4. The first-order valence-electron chi connectivity index (χ1n) is 9.77. The summed E-state index contributed by atoms with van der Waals surface area (Å²) in [7, 11) is 3.16. The van der Waals surface area contributed by atoms with Crippen LogP contribution >= 0.6 is 11.3 Å². The molecule has 0 saturated carbocycles. The molecule has 29 heavy (non-hydrogen) atoms. The molecular weight excluding hydrogens is 386 g/mol. The number of ether oxygens (including phenoxy) is 2. The van der Waals surface area contributed by atoms with Crippen LogP contribution in [-0.4, -0.2) is 49.1 Å². The number of methoxy groups -OCH3 is 2. The van der Waals surface area contributed by atoms with Crippen LogP contribution in [0.15, 0.2) is 42.5 Å². The average molecular weight is 412 g/mol. The van der Waals surface area contributed by atoms with E-state index in [2.05, 4.69) is 11.4 Å². The van der Waals surface area contributed by atoms with Gasteiger partial charge in [0.05, 0.1) is 31.0 Å². The first-order chi connectivity index (χ1) is 14.2. The number of nitrogens with one attached hydrogen (secondary N) is 1. The molecule has 1 amide bonds. The number of carbonyl (C=O) groups excluding carboxylic acids is 1. The fourth-order valence-electron chi connectivity index (χ4n) is 3.70. The highest BCUT2D eigenvalue weighted by Gasteiger charge is 2.24. The third-order valence-electron chi connectivity index (χ3n) is 5.19. The maximum atomic E-state index is 13.4. The Morgan fingerprint density at radius 2 is 2.03 bits per heavy atom. The van der Waals surface area contributed by atoms with Gasteiger partial charge in [-0.1, -0.05) is 12.1 Å². The lowest BCUT2D eigenvalue weighted by atomic mass is 10.1. The van der Waals surface area contributed by atoms with E-state index in [9.17, 15) is 4.79 Å². The van der Waals surface area contributed by atoms with Crippen LogP contribution in [-0.2, 0) is 6.54 Å². The van der Waals surface area contributed by atoms with Crippen LogP contribution < -0.4 is 14.8 Å². The van der Waals surface area contributed by atoms with Crippen LogP contribution in [0.3, 0.4) is 0 Å². The molecule has 1 N–H and O–H groups in total. The van der Waals surface area contributed by atoms with Crippen LogP contribution in [0.1, 0.15) is 28.2 Å². The number of amides is 1. The van der Waals surface area contributed by atoms with Gasteiger partial charge in [-0.3, -0.25) is 4.79 Å². The Kier molecular flexibility index (Phi) is 5.97. The summed E-state index contributed by atoms with van der Waals surface area (Å²) in [6.45, 7) is 2.15. The summed E-state index contributed by atoms with van der Waals surface area (Å²) < 4.78 is 11.8. The lowest BCUT2D eigenvalue weighted by Crippen LogP contribution is -2.40. The van der Waals surface area contributed by atoms with Crippen molar-refractivity contribution in [1.82, 2.24) is 15.2 Å². The van der Waals surface area contributed by atoms with E-state index in [1.54, 1.807) is 43.8 Å². The second kappa shape index (κ2) is 8.80. The predicted molar refractivity (Wildman–Crippen MR) is 115 cm³/mol. The molecule has 7 heteroatoms. The summed E-state index contributed by atoms with van der Waals surface area (Å²) in [5.74, 6) is 1.13. The summed E-state index contributed by atoms with van der Waals surface area (Å²) in [5.41, 5.74) is 1.56. The van der Waals surface area contributed by atoms with Crippen LogP contribution in [0.4, 0.5) is 0 Å². The Labute approximate surface area is 174 Å². The van der Waals surface area contributed by atoms with Gasteiger partial charge in [0.2, 0.25) is 0 Å². The number of aromatic nitrogens is 1. The van der Waals surface area contributed by atoms with Crippen molar-refractivity contribution >= 4 is 27.5 Å². The van der Waals surface area contributed by atoms with Crippen LogP contribution in [0.5, 0.6) is 11.5 Å². The summed E-state index contributed by atoms with van der Waals surface area (Å²) >= 11 is 1.64. The quantitative estimate of drug-likeness (QED) is 0.642. The predicted octanol–water partition coefficient (Wildman–Crippen LogP) is 3.71. The normalized spacial score (nSPS) is 16.1. The smallest absolute Gasteiger partial charge is 0.254 e. The standard InChI is InChI=1S/C22H25N3O3S/c1-27-18-10-9-15(12-19(18)28-2)22(26)25(13-16-6-5-11-23-16)14-21-24-17-7-3-4-8-20(17)29-21/h3-4,7-10,12,16,23H,5-6,11,13-14H2,1-2H3. The van der Waals surface area contributed by atoms with Crippen LogP contribution in [0, 0.1) is 0 Å². The topological polar surface area (TPSA) is 63.7 Å². The van der Waals surface area contributed by atoms with Crippen molar-refractivity contribution in [2.75, 3.05) is 27.3 Å². The first-order valence-corrected chi connectivity index (χ1v) is 10.6. The minimum Gasteiger partial charge on any atom is -0.493 e. The van der Waals surface area contributed by atoms with Crippen molar-refractivity contribution in [3.8, 4) is 11.5 Å². The van der Waals surface area contributed by atoms with Crippen molar-refractivity contribution in [3.05, 3.63) is 53.0 Å². The summed E-state index contributed by atoms with van der Waals surface area (Å²) in [6.07, 6.45) is 2.22. The first kappa shape index (κ1) is 19.7. The largest absolute Gasteiger partial charge is 0.493 e. The summed E-state index contributed by atoms with van der Waals surface area (Å²) in [6, 6.07) is 13.7. The van der Waals surface area contributed by atoms with E-state index >= 15 is 0 Å². The number of thiazole rings is 1. The number of para-hydroxylation sites is 1. The van der Waals surface area contributed by atoms with E-state index in [-0.39, 0.29) is 5.91 Å². The van der Waals surface area contributed by atoms with Gasteiger partial charge in [-0.25, -0.2) is 4.98 Å².